The highest BCUT2D eigenvalue weighted by Gasteiger charge is 2.17. The molecule has 3 rings (SSSR count). The molecule has 3 aromatic rings. The Hall–Kier alpha value is -2.88. The SMILES string of the molecule is COn1c(C=O)c(-c2ccccc2)c2ccccc2c1=O. The van der Waals surface area contributed by atoms with Crippen molar-refractivity contribution in [3.63, 3.8) is 0 Å². The molecule has 0 saturated heterocycles. The second-order valence-electron chi connectivity index (χ2n) is 4.57. The summed E-state index contributed by atoms with van der Waals surface area (Å²) in [6.07, 6.45) is 0.652. The Balaban J connectivity index is 2.55. The van der Waals surface area contributed by atoms with E-state index in [0.717, 1.165) is 15.7 Å². The molecule has 0 aliphatic heterocycles. The fraction of sp³-hybridized carbons (Fsp3) is 0.0588. The van der Waals surface area contributed by atoms with E-state index >= 15 is 0 Å². The second kappa shape index (κ2) is 5.25. The van der Waals surface area contributed by atoms with Crippen LogP contribution in [0.1, 0.15) is 10.5 Å². The van der Waals surface area contributed by atoms with E-state index in [0.29, 0.717) is 17.2 Å². The Labute approximate surface area is 121 Å². The Bertz CT molecular complexity index is 866. The Morgan fingerprint density at radius 1 is 0.952 bits per heavy atom. The summed E-state index contributed by atoms with van der Waals surface area (Å²) >= 11 is 0. The minimum absolute atomic E-state index is 0.215. The number of fused-ring (bicyclic) bond motifs is 1. The molecule has 0 radical (unpaired) electrons. The Kier molecular flexibility index (Phi) is 3.28. The first-order chi connectivity index (χ1) is 10.3. The van der Waals surface area contributed by atoms with Gasteiger partial charge in [-0.2, -0.15) is 0 Å². The van der Waals surface area contributed by atoms with Gasteiger partial charge in [-0.15, -0.1) is 4.73 Å². The maximum Gasteiger partial charge on any atom is 0.291 e. The maximum absolute atomic E-state index is 12.4. The van der Waals surface area contributed by atoms with Gasteiger partial charge < -0.3 is 4.84 Å². The van der Waals surface area contributed by atoms with Crippen LogP contribution in [0.3, 0.4) is 0 Å². The van der Waals surface area contributed by atoms with Crippen molar-refractivity contribution in [1.29, 1.82) is 0 Å². The van der Waals surface area contributed by atoms with Crippen LogP contribution in [0.15, 0.2) is 59.4 Å². The third-order valence-corrected chi connectivity index (χ3v) is 3.44. The highest BCUT2D eigenvalue weighted by molar-refractivity contribution is 6.02. The quantitative estimate of drug-likeness (QED) is 0.692. The van der Waals surface area contributed by atoms with E-state index in [-0.39, 0.29) is 11.3 Å². The summed E-state index contributed by atoms with van der Waals surface area (Å²) in [6.45, 7) is 0. The molecule has 1 heterocycles. The number of aromatic nitrogens is 1. The normalized spacial score (nSPS) is 10.5. The molecule has 0 unspecified atom stereocenters. The molecular formula is C17H13NO3. The summed E-state index contributed by atoms with van der Waals surface area (Å²) in [4.78, 5) is 29.0. The van der Waals surface area contributed by atoms with Crippen LogP contribution >= 0.6 is 0 Å². The van der Waals surface area contributed by atoms with Crippen LogP contribution < -0.4 is 10.4 Å². The zero-order valence-electron chi connectivity index (χ0n) is 11.4. The average molecular weight is 279 g/mol. The van der Waals surface area contributed by atoms with Gasteiger partial charge in [0.2, 0.25) is 0 Å². The smallest absolute Gasteiger partial charge is 0.291 e. The zero-order valence-corrected chi connectivity index (χ0v) is 11.4. The third-order valence-electron chi connectivity index (χ3n) is 3.44. The first kappa shape index (κ1) is 13.1. The van der Waals surface area contributed by atoms with Gasteiger partial charge in [-0.25, -0.2) is 0 Å². The molecule has 4 heteroatoms. The lowest BCUT2D eigenvalue weighted by atomic mass is 9.97. The van der Waals surface area contributed by atoms with Crippen molar-refractivity contribution in [2.75, 3.05) is 7.11 Å². The maximum atomic E-state index is 12.4. The summed E-state index contributed by atoms with van der Waals surface area (Å²) in [7, 11) is 1.37. The fourth-order valence-electron chi connectivity index (χ4n) is 2.54. The van der Waals surface area contributed by atoms with Gasteiger partial charge in [0.25, 0.3) is 5.56 Å². The zero-order chi connectivity index (χ0) is 14.8. The minimum atomic E-state index is -0.338. The van der Waals surface area contributed by atoms with E-state index in [1.54, 1.807) is 12.1 Å². The number of carbonyl (C=O) groups excluding carboxylic acids is 1. The number of aldehydes is 1. The van der Waals surface area contributed by atoms with Crippen LogP contribution in [0.4, 0.5) is 0 Å². The first-order valence-electron chi connectivity index (χ1n) is 6.50. The number of pyridine rings is 1. The molecule has 0 spiro atoms. The van der Waals surface area contributed by atoms with Gasteiger partial charge in [-0.05, 0) is 17.0 Å². The van der Waals surface area contributed by atoms with Crippen LogP contribution in [0.25, 0.3) is 21.9 Å². The average Bonchev–Trinajstić information content (AvgIpc) is 2.55. The largest absolute Gasteiger partial charge is 0.413 e. The Morgan fingerprint density at radius 2 is 1.57 bits per heavy atom. The first-order valence-corrected chi connectivity index (χ1v) is 6.50. The summed E-state index contributed by atoms with van der Waals surface area (Å²) in [5, 5.41) is 1.26. The van der Waals surface area contributed by atoms with Crippen molar-refractivity contribution in [2.45, 2.75) is 0 Å². The molecule has 0 aliphatic rings. The summed E-state index contributed by atoms with van der Waals surface area (Å²) in [6, 6.07) is 16.7. The van der Waals surface area contributed by atoms with Crippen LogP contribution in [0.5, 0.6) is 0 Å². The van der Waals surface area contributed by atoms with Crippen LogP contribution in [0.2, 0.25) is 0 Å². The molecule has 0 bridgehead atoms. The number of hydrogen-bond acceptors (Lipinski definition) is 3. The van der Waals surface area contributed by atoms with E-state index in [4.69, 9.17) is 4.84 Å². The number of benzene rings is 2. The number of rotatable bonds is 3. The second-order valence-corrected chi connectivity index (χ2v) is 4.57. The predicted molar refractivity (Wildman–Crippen MR) is 81.5 cm³/mol. The molecule has 0 saturated carbocycles. The third kappa shape index (κ3) is 2.01. The molecule has 0 N–H and O–H groups in total. The van der Waals surface area contributed by atoms with Gasteiger partial charge in [-0.3, -0.25) is 9.59 Å². The van der Waals surface area contributed by atoms with Gasteiger partial charge in [0.05, 0.1) is 5.39 Å². The number of carbonyl (C=O) groups is 1. The minimum Gasteiger partial charge on any atom is -0.413 e. The van der Waals surface area contributed by atoms with Gasteiger partial charge in [-0.1, -0.05) is 48.5 Å². The standard InChI is InChI=1S/C17H13NO3/c1-21-18-15(11-19)16(12-7-3-2-4-8-12)13-9-5-6-10-14(13)17(18)20/h2-11H,1H3. The molecule has 21 heavy (non-hydrogen) atoms. The van der Waals surface area contributed by atoms with Gasteiger partial charge in [0.1, 0.15) is 12.8 Å². The summed E-state index contributed by atoms with van der Waals surface area (Å²) < 4.78 is 1.04. The van der Waals surface area contributed by atoms with E-state index < -0.39 is 0 Å². The summed E-state index contributed by atoms with van der Waals surface area (Å²) in [5.74, 6) is 0. The number of hydrogen-bond donors (Lipinski definition) is 0. The van der Waals surface area contributed by atoms with Crippen molar-refractivity contribution in [2.24, 2.45) is 0 Å². The molecule has 2 aromatic carbocycles. The van der Waals surface area contributed by atoms with E-state index in [1.807, 2.05) is 42.5 Å². The predicted octanol–water partition coefficient (Wildman–Crippen LogP) is 2.54. The monoisotopic (exact) mass is 279 g/mol. The van der Waals surface area contributed by atoms with Gasteiger partial charge in [0, 0.05) is 5.56 Å². The van der Waals surface area contributed by atoms with Crippen molar-refractivity contribution in [1.82, 2.24) is 4.73 Å². The van der Waals surface area contributed by atoms with Crippen LogP contribution in [-0.2, 0) is 0 Å². The van der Waals surface area contributed by atoms with Crippen molar-refractivity contribution >= 4 is 17.1 Å². The van der Waals surface area contributed by atoms with E-state index in [1.165, 1.54) is 7.11 Å². The molecule has 1 aromatic heterocycles. The summed E-state index contributed by atoms with van der Waals surface area (Å²) in [5.41, 5.74) is 1.44. The fourth-order valence-corrected chi connectivity index (χ4v) is 2.54. The molecule has 0 atom stereocenters. The van der Waals surface area contributed by atoms with Crippen molar-refractivity contribution in [3.8, 4) is 11.1 Å². The topological polar surface area (TPSA) is 48.3 Å². The van der Waals surface area contributed by atoms with Gasteiger partial charge >= 0.3 is 0 Å². The highest BCUT2D eigenvalue weighted by atomic mass is 16.6. The van der Waals surface area contributed by atoms with E-state index in [2.05, 4.69) is 0 Å². The van der Waals surface area contributed by atoms with Crippen molar-refractivity contribution in [3.05, 3.63) is 70.6 Å². The van der Waals surface area contributed by atoms with Crippen LogP contribution in [-0.4, -0.2) is 18.1 Å². The van der Waals surface area contributed by atoms with E-state index in [9.17, 15) is 9.59 Å². The molecule has 0 aliphatic carbocycles. The molecular weight excluding hydrogens is 266 g/mol. The lowest BCUT2D eigenvalue weighted by molar-refractivity contribution is 0.105. The Morgan fingerprint density at radius 3 is 2.19 bits per heavy atom. The lowest BCUT2D eigenvalue weighted by Crippen LogP contribution is -2.29. The van der Waals surface area contributed by atoms with Crippen molar-refractivity contribution < 1.29 is 9.63 Å². The molecule has 0 amide bonds. The molecule has 104 valence electrons. The molecule has 0 fully saturated rings. The highest BCUT2D eigenvalue weighted by Crippen LogP contribution is 2.29. The molecule has 4 nitrogen and oxygen atoms in total. The van der Waals surface area contributed by atoms with Gasteiger partial charge in [0.15, 0.2) is 6.29 Å². The lowest BCUT2D eigenvalue weighted by Gasteiger charge is -2.14. The number of nitrogens with zero attached hydrogens (tertiary/aromatic N) is 1. The van der Waals surface area contributed by atoms with Crippen LogP contribution in [0, 0.1) is 0 Å².